The summed E-state index contributed by atoms with van der Waals surface area (Å²) < 4.78 is 26.0. The third-order valence-corrected chi connectivity index (χ3v) is 3.88. The van der Waals surface area contributed by atoms with Crippen molar-refractivity contribution in [3.8, 4) is 0 Å². The number of hydrogen-bond acceptors (Lipinski definition) is 3. The molecular weight excluding hydrogens is 280 g/mol. The van der Waals surface area contributed by atoms with E-state index in [4.69, 9.17) is 17.3 Å². The van der Waals surface area contributed by atoms with Gasteiger partial charge in [0.1, 0.15) is 5.82 Å². The van der Waals surface area contributed by atoms with Crippen molar-refractivity contribution in [2.45, 2.75) is 17.2 Å². The lowest BCUT2D eigenvalue weighted by Crippen LogP contribution is -2.02. The predicted molar refractivity (Wildman–Crippen MR) is 68.9 cm³/mol. The van der Waals surface area contributed by atoms with Crippen LogP contribution in [0.2, 0.25) is 5.02 Å². The molecule has 0 aliphatic carbocycles. The zero-order chi connectivity index (χ0) is 13.1. The van der Waals surface area contributed by atoms with Crippen LogP contribution in [-0.4, -0.2) is 9.55 Å². The maximum atomic E-state index is 12.6. The van der Waals surface area contributed by atoms with E-state index in [9.17, 15) is 8.78 Å². The van der Waals surface area contributed by atoms with Gasteiger partial charge in [0, 0.05) is 23.0 Å². The first-order valence-electron chi connectivity index (χ1n) is 5.06. The maximum absolute atomic E-state index is 12.6. The van der Waals surface area contributed by atoms with Gasteiger partial charge >= 0.3 is 6.55 Å². The Hall–Kier alpha value is -1.27. The minimum atomic E-state index is -2.59. The molecule has 2 rings (SSSR count). The predicted octanol–water partition coefficient (Wildman–Crippen LogP) is 3.81. The van der Waals surface area contributed by atoms with Crippen molar-refractivity contribution in [2.75, 3.05) is 5.73 Å². The van der Waals surface area contributed by atoms with Gasteiger partial charge in [0.15, 0.2) is 0 Å². The van der Waals surface area contributed by atoms with E-state index in [0.717, 1.165) is 4.57 Å². The summed E-state index contributed by atoms with van der Waals surface area (Å²) >= 11 is 7.29. The Labute approximate surface area is 112 Å². The topological polar surface area (TPSA) is 43.8 Å². The number of aromatic nitrogens is 2. The molecule has 0 amide bonds. The molecule has 0 aliphatic rings. The Balaban J connectivity index is 2.14. The normalized spacial score (nSPS) is 11.1. The lowest BCUT2D eigenvalue weighted by atomic mass is 10.3. The van der Waals surface area contributed by atoms with Crippen LogP contribution in [-0.2, 0) is 5.75 Å². The highest BCUT2D eigenvalue weighted by atomic mass is 35.5. The number of nitrogens with two attached hydrogens (primary N) is 1. The van der Waals surface area contributed by atoms with Crippen molar-refractivity contribution in [1.29, 1.82) is 0 Å². The summed E-state index contributed by atoms with van der Waals surface area (Å²) in [5.41, 5.74) is 6.31. The number of hydrogen-bond donors (Lipinski definition) is 1. The van der Waals surface area contributed by atoms with Gasteiger partial charge in [0.05, 0.1) is 10.8 Å². The summed E-state index contributed by atoms with van der Waals surface area (Å²) in [4.78, 5) is 4.57. The minimum absolute atomic E-state index is 0.283. The second-order valence-electron chi connectivity index (χ2n) is 3.48. The number of imidazole rings is 1. The van der Waals surface area contributed by atoms with Gasteiger partial charge in [0.25, 0.3) is 0 Å². The fourth-order valence-electron chi connectivity index (χ4n) is 1.45. The van der Waals surface area contributed by atoms with E-state index < -0.39 is 6.55 Å². The second-order valence-corrected chi connectivity index (χ2v) is 4.87. The number of halogens is 3. The Kier molecular flexibility index (Phi) is 4.08. The third-order valence-electron chi connectivity index (χ3n) is 2.30. The number of anilines is 1. The van der Waals surface area contributed by atoms with E-state index in [1.54, 1.807) is 18.2 Å². The smallest absolute Gasteiger partial charge is 0.319 e. The summed E-state index contributed by atoms with van der Waals surface area (Å²) in [5, 5.41) is 0.509. The molecule has 96 valence electrons. The molecule has 3 nitrogen and oxygen atoms in total. The fraction of sp³-hybridized carbons (Fsp3) is 0.182. The highest BCUT2D eigenvalue weighted by molar-refractivity contribution is 7.98. The summed E-state index contributed by atoms with van der Waals surface area (Å²) in [6, 6.07) is 5.16. The number of thioether (sulfide) groups is 1. The first kappa shape index (κ1) is 13.2. The average molecular weight is 290 g/mol. The zero-order valence-electron chi connectivity index (χ0n) is 9.19. The molecule has 0 radical (unpaired) electrons. The summed E-state index contributed by atoms with van der Waals surface area (Å²) in [5.74, 6) is 0.569. The molecule has 0 atom stereocenters. The lowest BCUT2D eigenvalue weighted by Gasteiger charge is -2.09. The largest absolute Gasteiger partial charge is 0.398 e. The number of rotatable bonds is 4. The van der Waals surface area contributed by atoms with Crippen molar-refractivity contribution in [3.63, 3.8) is 0 Å². The monoisotopic (exact) mass is 289 g/mol. The quantitative estimate of drug-likeness (QED) is 0.687. The molecule has 0 saturated carbocycles. The van der Waals surface area contributed by atoms with Crippen LogP contribution in [0.1, 0.15) is 12.4 Å². The van der Waals surface area contributed by atoms with Gasteiger partial charge in [-0.15, -0.1) is 11.8 Å². The van der Waals surface area contributed by atoms with E-state index in [1.165, 1.54) is 24.2 Å². The molecular formula is C11H10ClF2N3S. The summed E-state index contributed by atoms with van der Waals surface area (Å²) in [6.07, 6.45) is 2.59. The van der Waals surface area contributed by atoms with Crippen molar-refractivity contribution in [3.05, 3.63) is 41.4 Å². The van der Waals surface area contributed by atoms with Gasteiger partial charge in [-0.2, -0.15) is 8.78 Å². The third kappa shape index (κ3) is 2.76. The standard InChI is InChI=1S/C11H10ClF2N3S/c12-7-2-1-3-8(15)10(7)18-6-9-16-4-5-17(9)11(13)14/h1-5,11H,6,15H2. The van der Waals surface area contributed by atoms with Crippen LogP contribution in [0, 0.1) is 0 Å². The Morgan fingerprint density at radius 2 is 2.22 bits per heavy atom. The van der Waals surface area contributed by atoms with Crippen LogP contribution in [0.25, 0.3) is 0 Å². The van der Waals surface area contributed by atoms with Gasteiger partial charge in [-0.25, -0.2) is 4.98 Å². The Morgan fingerprint density at radius 3 is 2.89 bits per heavy atom. The molecule has 0 saturated heterocycles. The second kappa shape index (κ2) is 5.58. The SMILES string of the molecule is Nc1cccc(Cl)c1SCc1nccn1C(F)F. The fourth-order valence-corrected chi connectivity index (χ4v) is 2.73. The van der Waals surface area contributed by atoms with Gasteiger partial charge in [0.2, 0.25) is 0 Å². The van der Waals surface area contributed by atoms with E-state index in [1.807, 2.05) is 0 Å². The first-order valence-corrected chi connectivity index (χ1v) is 6.42. The highest BCUT2D eigenvalue weighted by Crippen LogP contribution is 2.34. The number of nitrogens with zero attached hydrogens (tertiary/aromatic N) is 2. The van der Waals surface area contributed by atoms with E-state index in [0.29, 0.717) is 15.6 Å². The lowest BCUT2D eigenvalue weighted by molar-refractivity contribution is 0.0678. The Bertz CT molecular complexity index is 525. The highest BCUT2D eigenvalue weighted by Gasteiger charge is 2.13. The van der Waals surface area contributed by atoms with Gasteiger partial charge in [-0.05, 0) is 12.1 Å². The van der Waals surface area contributed by atoms with Crippen LogP contribution in [0.4, 0.5) is 14.5 Å². The van der Waals surface area contributed by atoms with E-state index in [2.05, 4.69) is 4.98 Å². The Morgan fingerprint density at radius 1 is 1.44 bits per heavy atom. The molecule has 0 aliphatic heterocycles. The molecule has 0 spiro atoms. The van der Waals surface area contributed by atoms with Crippen molar-refractivity contribution >= 4 is 29.1 Å². The van der Waals surface area contributed by atoms with Gasteiger partial charge < -0.3 is 5.73 Å². The van der Waals surface area contributed by atoms with Crippen LogP contribution >= 0.6 is 23.4 Å². The number of alkyl halides is 2. The molecule has 0 bridgehead atoms. The average Bonchev–Trinajstić information content (AvgIpc) is 2.76. The molecule has 18 heavy (non-hydrogen) atoms. The summed E-state index contributed by atoms with van der Waals surface area (Å²) in [6.45, 7) is -2.59. The molecule has 1 aromatic carbocycles. The van der Waals surface area contributed by atoms with Crippen LogP contribution in [0.3, 0.4) is 0 Å². The number of benzene rings is 1. The van der Waals surface area contributed by atoms with Gasteiger partial charge in [-0.3, -0.25) is 4.57 Å². The molecule has 1 heterocycles. The van der Waals surface area contributed by atoms with E-state index in [-0.39, 0.29) is 11.6 Å². The minimum Gasteiger partial charge on any atom is -0.398 e. The molecule has 7 heteroatoms. The van der Waals surface area contributed by atoms with Crippen molar-refractivity contribution in [1.82, 2.24) is 9.55 Å². The zero-order valence-corrected chi connectivity index (χ0v) is 10.8. The van der Waals surface area contributed by atoms with Crippen molar-refractivity contribution in [2.24, 2.45) is 0 Å². The van der Waals surface area contributed by atoms with Crippen LogP contribution in [0.5, 0.6) is 0 Å². The van der Waals surface area contributed by atoms with Crippen molar-refractivity contribution < 1.29 is 8.78 Å². The molecule has 1 aromatic heterocycles. The summed E-state index contributed by atoms with van der Waals surface area (Å²) in [7, 11) is 0. The molecule has 0 fully saturated rings. The molecule has 2 N–H and O–H groups in total. The van der Waals surface area contributed by atoms with Crippen LogP contribution < -0.4 is 5.73 Å². The maximum Gasteiger partial charge on any atom is 0.319 e. The van der Waals surface area contributed by atoms with E-state index >= 15 is 0 Å². The molecule has 0 unspecified atom stereocenters. The number of nitrogen functional groups attached to an aromatic ring is 1. The first-order chi connectivity index (χ1) is 8.59. The van der Waals surface area contributed by atoms with Gasteiger partial charge in [-0.1, -0.05) is 17.7 Å². The van der Waals surface area contributed by atoms with Crippen LogP contribution in [0.15, 0.2) is 35.5 Å². The molecule has 2 aromatic rings.